The van der Waals surface area contributed by atoms with Crippen LogP contribution in [0.2, 0.25) is 5.02 Å². The van der Waals surface area contributed by atoms with Gasteiger partial charge in [-0.1, -0.05) is 29.3 Å². The molecule has 0 radical (unpaired) electrons. The van der Waals surface area contributed by atoms with Crippen molar-refractivity contribution in [1.82, 2.24) is 15.1 Å². The fourth-order valence-corrected chi connectivity index (χ4v) is 4.64. The summed E-state index contributed by atoms with van der Waals surface area (Å²) in [6.07, 6.45) is 9.80. The second-order valence-electron chi connectivity index (χ2n) is 8.79. The molecule has 0 bridgehead atoms. The van der Waals surface area contributed by atoms with Crippen LogP contribution in [0, 0.1) is 12.8 Å². The number of carbonyl (C=O) groups excluding carboxylic acids is 1. The fraction of sp³-hybridized carbons (Fsp3) is 0.480. The zero-order valence-corrected chi connectivity index (χ0v) is 19.4. The predicted molar refractivity (Wildman–Crippen MR) is 129 cm³/mol. The summed E-state index contributed by atoms with van der Waals surface area (Å²) in [6.45, 7) is 4.13. The number of amides is 1. The molecule has 1 fully saturated rings. The van der Waals surface area contributed by atoms with Crippen LogP contribution in [0.3, 0.4) is 0 Å². The van der Waals surface area contributed by atoms with Crippen molar-refractivity contribution in [2.75, 3.05) is 24.5 Å². The van der Waals surface area contributed by atoms with Crippen LogP contribution in [-0.2, 0) is 4.79 Å². The minimum absolute atomic E-state index is 0.0356. The van der Waals surface area contributed by atoms with E-state index < -0.39 is 0 Å². The number of rotatable bonds is 6. The third-order valence-corrected chi connectivity index (χ3v) is 6.91. The van der Waals surface area contributed by atoms with Gasteiger partial charge in [0, 0.05) is 36.6 Å². The van der Waals surface area contributed by atoms with Gasteiger partial charge in [0.15, 0.2) is 0 Å². The van der Waals surface area contributed by atoms with Gasteiger partial charge in [-0.05, 0) is 75.6 Å². The molecular weight excluding hydrogens is 424 g/mol. The van der Waals surface area contributed by atoms with Crippen molar-refractivity contribution >= 4 is 23.3 Å². The summed E-state index contributed by atoms with van der Waals surface area (Å²) in [5.41, 5.74) is 2.89. The van der Waals surface area contributed by atoms with Gasteiger partial charge >= 0.3 is 0 Å². The molecule has 0 atom stereocenters. The number of hydrogen-bond acceptors (Lipinski definition) is 4. The SMILES string of the molecule is Cc1ccc(-n2nc(N3CCC(C(=O)NCCC4=CCCCC4)CC3)ccc2=O)cc1Cl. The normalized spacial score (nSPS) is 17.2. The molecule has 2 heterocycles. The quantitative estimate of drug-likeness (QED) is 0.656. The summed E-state index contributed by atoms with van der Waals surface area (Å²) >= 11 is 6.24. The van der Waals surface area contributed by atoms with Gasteiger partial charge in [-0.2, -0.15) is 4.68 Å². The first-order valence-corrected chi connectivity index (χ1v) is 12.0. The number of anilines is 1. The molecule has 0 saturated carbocycles. The third-order valence-electron chi connectivity index (χ3n) is 6.51. The lowest BCUT2D eigenvalue weighted by molar-refractivity contribution is -0.125. The van der Waals surface area contributed by atoms with Gasteiger partial charge in [-0.15, -0.1) is 5.10 Å². The smallest absolute Gasteiger partial charge is 0.271 e. The molecule has 2 aromatic rings. The molecule has 1 aromatic heterocycles. The summed E-state index contributed by atoms with van der Waals surface area (Å²) < 4.78 is 1.39. The molecule has 4 rings (SSSR count). The highest BCUT2D eigenvalue weighted by Gasteiger charge is 2.26. The van der Waals surface area contributed by atoms with E-state index in [0.717, 1.165) is 50.3 Å². The summed E-state index contributed by atoms with van der Waals surface area (Å²) in [7, 11) is 0. The predicted octanol–water partition coefficient (Wildman–Crippen LogP) is 4.42. The first-order valence-electron chi connectivity index (χ1n) is 11.6. The lowest BCUT2D eigenvalue weighted by Crippen LogP contribution is -2.41. The van der Waals surface area contributed by atoms with Gasteiger partial charge in [-0.25, -0.2) is 0 Å². The minimum Gasteiger partial charge on any atom is -0.356 e. The Labute approximate surface area is 194 Å². The largest absolute Gasteiger partial charge is 0.356 e. The molecule has 32 heavy (non-hydrogen) atoms. The topological polar surface area (TPSA) is 67.2 Å². The van der Waals surface area contributed by atoms with Crippen LogP contribution in [0.25, 0.3) is 5.69 Å². The standard InChI is InChI=1S/C25H31ClN4O2/c1-18-7-8-21(17-22(18)26)30-24(31)10-9-23(28-30)29-15-12-20(13-16-29)25(32)27-14-11-19-5-3-2-4-6-19/h5,7-10,17,20H,2-4,6,11-16H2,1H3,(H,27,32). The van der Waals surface area contributed by atoms with Crippen molar-refractivity contribution in [3.8, 4) is 5.69 Å². The van der Waals surface area contributed by atoms with Crippen LogP contribution in [0.4, 0.5) is 5.82 Å². The number of piperidine rings is 1. The molecule has 0 spiro atoms. The van der Waals surface area contributed by atoms with Crippen molar-refractivity contribution in [2.45, 2.75) is 51.9 Å². The highest BCUT2D eigenvalue weighted by molar-refractivity contribution is 6.31. The number of hydrogen-bond donors (Lipinski definition) is 1. The average molecular weight is 455 g/mol. The first-order chi connectivity index (χ1) is 15.5. The number of nitrogens with one attached hydrogen (secondary N) is 1. The summed E-state index contributed by atoms with van der Waals surface area (Å²) in [5.74, 6) is 0.936. The molecule has 0 unspecified atom stereocenters. The first kappa shape index (κ1) is 22.6. The van der Waals surface area contributed by atoms with Crippen molar-refractivity contribution < 1.29 is 4.79 Å². The molecule has 1 aliphatic carbocycles. The molecule has 1 N–H and O–H groups in total. The van der Waals surface area contributed by atoms with E-state index in [1.54, 1.807) is 12.1 Å². The molecular formula is C25H31ClN4O2. The molecule has 7 heteroatoms. The summed E-state index contributed by atoms with van der Waals surface area (Å²) in [5, 5.41) is 8.31. The minimum atomic E-state index is -0.198. The molecule has 2 aliphatic rings. The Kier molecular flexibility index (Phi) is 7.30. The van der Waals surface area contributed by atoms with E-state index in [9.17, 15) is 9.59 Å². The zero-order chi connectivity index (χ0) is 22.5. The van der Waals surface area contributed by atoms with Crippen LogP contribution in [0.5, 0.6) is 0 Å². The number of halogens is 1. The number of aromatic nitrogens is 2. The van der Waals surface area contributed by atoms with E-state index in [1.807, 2.05) is 19.1 Å². The van der Waals surface area contributed by atoms with Crippen LogP contribution in [-0.4, -0.2) is 35.3 Å². The van der Waals surface area contributed by atoms with Crippen LogP contribution in [0.1, 0.15) is 50.5 Å². The maximum Gasteiger partial charge on any atom is 0.271 e. The fourth-order valence-electron chi connectivity index (χ4n) is 4.46. The number of carbonyl (C=O) groups is 1. The summed E-state index contributed by atoms with van der Waals surface area (Å²) in [4.78, 5) is 27.1. The Bertz CT molecular complexity index is 1050. The Balaban J connectivity index is 1.33. The highest BCUT2D eigenvalue weighted by Crippen LogP contribution is 2.23. The van der Waals surface area contributed by atoms with Crippen molar-refractivity contribution in [3.05, 3.63) is 62.9 Å². The van der Waals surface area contributed by atoms with Gasteiger partial charge in [-0.3, -0.25) is 9.59 Å². The molecule has 1 saturated heterocycles. The van der Waals surface area contributed by atoms with Crippen LogP contribution in [0.15, 0.2) is 46.8 Å². The Morgan fingerprint density at radius 1 is 1.19 bits per heavy atom. The van der Waals surface area contributed by atoms with Gasteiger partial charge in [0.25, 0.3) is 5.56 Å². The van der Waals surface area contributed by atoms with E-state index in [4.69, 9.17) is 11.6 Å². The number of allylic oxidation sites excluding steroid dienone is 1. The molecule has 1 aromatic carbocycles. The maximum absolute atomic E-state index is 12.6. The Hall–Kier alpha value is -2.60. The monoisotopic (exact) mass is 454 g/mol. The number of aryl methyl sites for hydroxylation is 1. The van der Waals surface area contributed by atoms with E-state index in [0.29, 0.717) is 10.7 Å². The van der Waals surface area contributed by atoms with Crippen molar-refractivity contribution in [1.29, 1.82) is 0 Å². The second-order valence-corrected chi connectivity index (χ2v) is 9.19. The average Bonchev–Trinajstić information content (AvgIpc) is 2.82. The Morgan fingerprint density at radius 3 is 2.72 bits per heavy atom. The van der Waals surface area contributed by atoms with E-state index in [2.05, 4.69) is 21.4 Å². The van der Waals surface area contributed by atoms with Gasteiger partial charge in [0.05, 0.1) is 5.69 Å². The van der Waals surface area contributed by atoms with E-state index in [1.165, 1.54) is 42.0 Å². The summed E-state index contributed by atoms with van der Waals surface area (Å²) in [6, 6.07) is 8.78. The van der Waals surface area contributed by atoms with Crippen LogP contribution >= 0.6 is 11.6 Å². The molecule has 170 valence electrons. The van der Waals surface area contributed by atoms with E-state index >= 15 is 0 Å². The van der Waals surface area contributed by atoms with Crippen molar-refractivity contribution in [2.24, 2.45) is 5.92 Å². The second kappa shape index (κ2) is 10.3. The lowest BCUT2D eigenvalue weighted by Gasteiger charge is -2.32. The van der Waals surface area contributed by atoms with Gasteiger partial charge in [0.2, 0.25) is 5.91 Å². The number of nitrogens with zero attached hydrogens (tertiary/aromatic N) is 3. The lowest BCUT2D eigenvalue weighted by atomic mass is 9.95. The van der Waals surface area contributed by atoms with E-state index in [-0.39, 0.29) is 17.4 Å². The maximum atomic E-state index is 12.6. The molecule has 6 nitrogen and oxygen atoms in total. The van der Waals surface area contributed by atoms with Crippen molar-refractivity contribution in [3.63, 3.8) is 0 Å². The van der Waals surface area contributed by atoms with Crippen LogP contribution < -0.4 is 15.8 Å². The van der Waals surface area contributed by atoms with Gasteiger partial charge in [0.1, 0.15) is 5.82 Å². The number of benzene rings is 1. The third kappa shape index (κ3) is 5.41. The molecule has 1 aliphatic heterocycles. The highest BCUT2D eigenvalue weighted by atomic mass is 35.5. The van der Waals surface area contributed by atoms with Gasteiger partial charge < -0.3 is 10.2 Å². The zero-order valence-electron chi connectivity index (χ0n) is 18.6. The Morgan fingerprint density at radius 2 is 2.00 bits per heavy atom. The molecule has 1 amide bonds.